The van der Waals surface area contributed by atoms with Gasteiger partial charge in [-0.2, -0.15) is 0 Å². The van der Waals surface area contributed by atoms with Crippen molar-refractivity contribution in [3.63, 3.8) is 0 Å². The highest BCUT2D eigenvalue weighted by atomic mass is 35.5. The van der Waals surface area contributed by atoms with Crippen LogP contribution in [0.1, 0.15) is 50.6 Å². The van der Waals surface area contributed by atoms with Crippen molar-refractivity contribution in [2.45, 2.75) is 50.7 Å². The molecule has 1 aromatic heterocycles. The van der Waals surface area contributed by atoms with Gasteiger partial charge >= 0.3 is 6.03 Å². The second-order valence-corrected chi connectivity index (χ2v) is 9.17. The van der Waals surface area contributed by atoms with Crippen molar-refractivity contribution in [3.05, 3.63) is 75.4 Å². The zero-order valence-corrected chi connectivity index (χ0v) is 19.2. The standard InChI is InChI=1S/C25H27ClFN3O3/c1-16(20-14-28-23(31)19-8-4-3-7-18(19)20)30(15-25(33)11-5-2-6-12-25)24(32)29-17-9-10-22(27)21(26)13-17/h3-4,7-10,13-14,16,33H,2,5-6,11-12,15H2,1H3,(H,28,31)(H,29,32)/t16-/m1/s1. The Bertz CT molecular complexity index is 1220. The second kappa shape index (κ2) is 9.53. The Labute approximate surface area is 196 Å². The molecule has 33 heavy (non-hydrogen) atoms. The van der Waals surface area contributed by atoms with Crippen molar-refractivity contribution in [1.82, 2.24) is 9.88 Å². The first-order valence-corrected chi connectivity index (χ1v) is 11.5. The molecule has 0 aliphatic heterocycles. The molecule has 0 bridgehead atoms. The van der Waals surface area contributed by atoms with Crippen LogP contribution in [0.25, 0.3) is 10.8 Å². The molecule has 2 aromatic carbocycles. The number of fused-ring (bicyclic) bond motifs is 1. The number of nitrogens with zero attached hydrogens (tertiary/aromatic N) is 1. The number of hydrogen-bond donors (Lipinski definition) is 3. The summed E-state index contributed by atoms with van der Waals surface area (Å²) in [6.45, 7) is 1.99. The first-order valence-electron chi connectivity index (χ1n) is 11.1. The summed E-state index contributed by atoms with van der Waals surface area (Å²) in [4.78, 5) is 30.1. The fourth-order valence-corrected chi connectivity index (χ4v) is 4.76. The molecule has 0 unspecified atom stereocenters. The predicted molar refractivity (Wildman–Crippen MR) is 128 cm³/mol. The molecule has 1 heterocycles. The summed E-state index contributed by atoms with van der Waals surface area (Å²) in [7, 11) is 0. The average molecular weight is 472 g/mol. The molecule has 2 amide bonds. The van der Waals surface area contributed by atoms with Crippen LogP contribution < -0.4 is 10.9 Å². The lowest BCUT2D eigenvalue weighted by Crippen LogP contribution is -2.49. The highest BCUT2D eigenvalue weighted by Crippen LogP contribution is 2.33. The van der Waals surface area contributed by atoms with Gasteiger partial charge in [0.25, 0.3) is 5.56 Å². The number of H-pyrrole nitrogens is 1. The summed E-state index contributed by atoms with van der Waals surface area (Å²) in [5, 5.41) is 15.2. The van der Waals surface area contributed by atoms with Crippen molar-refractivity contribution in [2.75, 3.05) is 11.9 Å². The lowest BCUT2D eigenvalue weighted by atomic mass is 9.84. The number of hydrogen-bond acceptors (Lipinski definition) is 3. The molecule has 1 aliphatic rings. The quantitative estimate of drug-likeness (QED) is 0.452. The number of carbonyl (C=O) groups excluding carboxylic acids is 1. The van der Waals surface area contributed by atoms with E-state index in [9.17, 15) is 19.1 Å². The smallest absolute Gasteiger partial charge is 0.322 e. The Morgan fingerprint density at radius 3 is 2.61 bits per heavy atom. The molecule has 8 heteroatoms. The van der Waals surface area contributed by atoms with E-state index in [4.69, 9.17) is 11.6 Å². The van der Waals surface area contributed by atoms with Crippen LogP contribution in [0.3, 0.4) is 0 Å². The zero-order chi connectivity index (χ0) is 23.6. The molecule has 3 aromatic rings. The summed E-state index contributed by atoms with van der Waals surface area (Å²) < 4.78 is 13.6. The highest BCUT2D eigenvalue weighted by molar-refractivity contribution is 6.31. The van der Waals surface area contributed by atoms with Crippen molar-refractivity contribution < 1.29 is 14.3 Å². The normalized spacial score (nSPS) is 16.4. The molecule has 0 spiro atoms. The SMILES string of the molecule is C[C@H](c1c[nH]c(=O)c2ccccc12)N(CC1(O)CCCCC1)C(=O)Nc1ccc(F)c(Cl)c1. The number of rotatable bonds is 5. The van der Waals surface area contributed by atoms with Gasteiger partial charge in [-0.3, -0.25) is 4.79 Å². The van der Waals surface area contributed by atoms with Gasteiger partial charge in [-0.1, -0.05) is 49.1 Å². The monoisotopic (exact) mass is 471 g/mol. The van der Waals surface area contributed by atoms with Gasteiger partial charge in [0.15, 0.2) is 0 Å². The summed E-state index contributed by atoms with van der Waals surface area (Å²) in [5.41, 5.74) is -0.0886. The van der Waals surface area contributed by atoms with Crippen LogP contribution in [0.4, 0.5) is 14.9 Å². The van der Waals surface area contributed by atoms with E-state index in [1.54, 1.807) is 23.2 Å². The van der Waals surface area contributed by atoms with Crippen LogP contribution in [0.15, 0.2) is 53.5 Å². The Morgan fingerprint density at radius 1 is 1.21 bits per heavy atom. The third-order valence-electron chi connectivity index (χ3n) is 6.44. The first-order chi connectivity index (χ1) is 15.8. The first kappa shape index (κ1) is 23.3. The number of aromatic amines is 1. The number of amides is 2. The van der Waals surface area contributed by atoms with Gasteiger partial charge in [0.1, 0.15) is 5.82 Å². The number of anilines is 1. The fraction of sp³-hybridized carbons (Fsp3) is 0.360. The van der Waals surface area contributed by atoms with Crippen molar-refractivity contribution >= 4 is 34.1 Å². The maximum absolute atomic E-state index is 13.6. The van der Waals surface area contributed by atoms with E-state index < -0.39 is 23.5 Å². The van der Waals surface area contributed by atoms with Gasteiger partial charge in [-0.05, 0) is 55.0 Å². The van der Waals surface area contributed by atoms with Crippen molar-refractivity contribution in [2.24, 2.45) is 0 Å². The van der Waals surface area contributed by atoms with Gasteiger partial charge in [0.2, 0.25) is 0 Å². The zero-order valence-electron chi connectivity index (χ0n) is 18.4. The summed E-state index contributed by atoms with van der Waals surface area (Å²) >= 11 is 5.88. The van der Waals surface area contributed by atoms with E-state index in [1.807, 2.05) is 19.1 Å². The Balaban J connectivity index is 1.70. The van der Waals surface area contributed by atoms with Gasteiger partial charge in [0, 0.05) is 17.3 Å². The largest absolute Gasteiger partial charge is 0.388 e. The number of aromatic nitrogens is 1. The van der Waals surface area contributed by atoms with Gasteiger partial charge in [-0.25, -0.2) is 9.18 Å². The van der Waals surface area contributed by atoms with Crippen LogP contribution in [-0.2, 0) is 0 Å². The minimum Gasteiger partial charge on any atom is -0.388 e. The predicted octanol–water partition coefficient (Wildman–Crippen LogP) is 5.61. The molecule has 4 rings (SSSR count). The number of benzene rings is 2. The number of pyridine rings is 1. The molecular weight excluding hydrogens is 445 g/mol. The van der Waals surface area contributed by atoms with Gasteiger partial charge < -0.3 is 20.3 Å². The molecule has 0 saturated heterocycles. The van der Waals surface area contributed by atoms with Gasteiger partial charge in [0.05, 0.1) is 23.2 Å². The number of halogens is 2. The summed E-state index contributed by atoms with van der Waals surface area (Å²) in [6, 6.07) is 10.3. The number of aliphatic hydroxyl groups is 1. The fourth-order valence-electron chi connectivity index (χ4n) is 4.58. The van der Waals surface area contributed by atoms with Crippen LogP contribution in [0, 0.1) is 5.82 Å². The van der Waals surface area contributed by atoms with E-state index in [2.05, 4.69) is 10.3 Å². The van der Waals surface area contributed by atoms with E-state index in [0.29, 0.717) is 23.9 Å². The Morgan fingerprint density at radius 2 is 1.91 bits per heavy atom. The molecular formula is C25H27ClFN3O3. The Kier molecular flexibility index (Phi) is 6.72. The minimum atomic E-state index is -0.998. The molecule has 1 atom stereocenters. The summed E-state index contributed by atoms with van der Waals surface area (Å²) in [6.07, 6.45) is 5.69. The highest BCUT2D eigenvalue weighted by Gasteiger charge is 2.35. The van der Waals surface area contributed by atoms with Crippen LogP contribution in [-0.4, -0.2) is 33.2 Å². The van der Waals surface area contributed by atoms with Crippen molar-refractivity contribution in [1.29, 1.82) is 0 Å². The van der Waals surface area contributed by atoms with E-state index >= 15 is 0 Å². The molecule has 0 radical (unpaired) electrons. The van der Waals surface area contributed by atoms with E-state index in [-0.39, 0.29) is 17.1 Å². The molecule has 174 valence electrons. The van der Waals surface area contributed by atoms with Gasteiger partial charge in [-0.15, -0.1) is 0 Å². The second-order valence-electron chi connectivity index (χ2n) is 8.77. The summed E-state index contributed by atoms with van der Waals surface area (Å²) in [5.74, 6) is -0.573. The molecule has 1 aliphatic carbocycles. The number of carbonyl (C=O) groups is 1. The lowest BCUT2D eigenvalue weighted by molar-refractivity contribution is -0.0226. The number of urea groups is 1. The topological polar surface area (TPSA) is 85.4 Å². The lowest BCUT2D eigenvalue weighted by Gasteiger charge is -2.39. The maximum Gasteiger partial charge on any atom is 0.322 e. The minimum absolute atomic E-state index is 0.0927. The van der Waals surface area contributed by atoms with Crippen LogP contribution in [0.2, 0.25) is 5.02 Å². The third kappa shape index (κ3) is 5.04. The third-order valence-corrected chi connectivity index (χ3v) is 6.73. The molecule has 1 fully saturated rings. The molecule has 1 saturated carbocycles. The maximum atomic E-state index is 13.6. The Hall–Kier alpha value is -2.90. The van der Waals surface area contributed by atoms with Crippen molar-refractivity contribution in [3.8, 4) is 0 Å². The van der Waals surface area contributed by atoms with Crippen LogP contribution in [0.5, 0.6) is 0 Å². The average Bonchev–Trinajstić information content (AvgIpc) is 2.80. The molecule has 3 N–H and O–H groups in total. The number of nitrogens with one attached hydrogen (secondary N) is 2. The van der Waals surface area contributed by atoms with E-state index in [0.717, 1.165) is 30.2 Å². The molecule has 6 nitrogen and oxygen atoms in total. The van der Waals surface area contributed by atoms with Crippen LogP contribution >= 0.6 is 11.6 Å². The van der Waals surface area contributed by atoms with E-state index in [1.165, 1.54) is 18.2 Å².